The first-order valence-electron chi connectivity index (χ1n) is 7.99. The molecule has 0 bridgehead atoms. The summed E-state index contributed by atoms with van der Waals surface area (Å²) in [5, 5.41) is 0. The zero-order chi connectivity index (χ0) is 23.1. The molecule has 0 fully saturated rings. The summed E-state index contributed by atoms with van der Waals surface area (Å²) in [6.07, 6.45) is -3.90. The molecule has 0 heterocycles. The number of allylic oxidation sites excluding steroid dienone is 3. The molecule has 0 spiro atoms. The van der Waals surface area contributed by atoms with Gasteiger partial charge in [0.1, 0.15) is 6.54 Å². The average Bonchev–Trinajstić information content (AvgIpc) is 2.71. The molecule has 0 unspecified atom stereocenters. The highest BCUT2D eigenvalue weighted by Crippen LogP contribution is 2.33. The SMILES string of the molecule is C=C/C(=C\C(=C\Cl)N(CC(=O)OC)S(=O)(=O)c1ccc(OC)c(OC)c1)C(F)(F)F. The first-order valence-corrected chi connectivity index (χ1v) is 9.87. The number of carbonyl (C=O) groups excluding carboxylic acids is 1. The summed E-state index contributed by atoms with van der Waals surface area (Å²) in [6.45, 7) is 2.12. The number of ether oxygens (including phenoxy) is 3. The Bertz CT molecular complexity index is 957. The number of hydrogen-bond donors (Lipinski definition) is 0. The van der Waals surface area contributed by atoms with E-state index >= 15 is 0 Å². The standard InChI is InChI=1S/C18H19ClF3NO6S/c1-5-12(18(20,21)22)8-13(10-19)23(11-17(24)29-4)30(25,26)14-6-7-15(27-2)16(9-14)28-3/h5-10H,1,11H2,2-4H3/b12-8+,13-10-. The van der Waals surface area contributed by atoms with Gasteiger partial charge in [-0.25, -0.2) is 8.42 Å². The summed E-state index contributed by atoms with van der Waals surface area (Å²) >= 11 is 5.63. The first-order chi connectivity index (χ1) is 14.0. The van der Waals surface area contributed by atoms with Crippen LogP contribution in [0.4, 0.5) is 13.2 Å². The van der Waals surface area contributed by atoms with Crippen LogP contribution < -0.4 is 9.47 Å². The molecule has 1 aromatic carbocycles. The van der Waals surface area contributed by atoms with Gasteiger partial charge in [0.15, 0.2) is 11.5 Å². The van der Waals surface area contributed by atoms with Crippen LogP contribution in [0.5, 0.6) is 11.5 Å². The molecule has 0 N–H and O–H groups in total. The molecular weight excluding hydrogens is 451 g/mol. The highest BCUT2D eigenvalue weighted by atomic mass is 35.5. The second-order valence-electron chi connectivity index (χ2n) is 5.44. The van der Waals surface area contributed by atoms with Crippen molar-refractivity contribution in [1.29, 1.82) is 0 Å². The van der Waals surface area contributed by atoms with Crippen LogP contribution in [-0.4, -0.2) is 52.7 Å². The van der Waals surface area contributed by atoms with Crippen molar-refractivity contribution in [2.75, 3.05) is 27.9 Å². The second-order valence-corrected chi connectivity index (χ2v) is 7.52. The Morgan fingerprint density at radius 2 is 1.80 bits per heavy atom. The molecule has 0 aromatic heterocycles. The van der Waals surface area contributed by atoms with Crippen LogP contribution in [0.2, 0.25) is 0 Å². The quantitative estimate of drug-likeness (QED) is 0.406. The second kappa shape index (κ2) is 10.4. The lowest BCUT2D eigenvalue weighted by molar-refractivity contribution is -0.140. The number of sulfonamides is 1. The van der Waals surface area contributed by atoms with E-state index in [9.17, 15) is 26.4 Å². The Hall–Kier alpha value is -2.66. The minimum atomic E-state index is -4.84. The summed E-state index contributed by atoms with van der Waals surface area (Å²) < 4.78 is 80.6. The molecule has 30 heavy (non-hydrogen) atoms. The van der Waals surface area contributed by atoms with Gasteiger partial charge < -0.3 is 14.2 Å². The zero-order valence-corrected chi connectivity index (χ0v) is 17.8. The molecule has 0 aliphatic carbocycles. The molecule has 7 nitrogen and oxygen atoms in total. The van der Waals surface area contributed by atoms with Gasteiger partial charge in [0.25, 0.3) is 10.0 Å². The van der Waals surface area contributed by atoms with E-state index in [0.717, 1.165) is 19.2 Å². The number of rotatable bonds is 9. The van der Waals surface area contributed by atoms with E-state index in [1.165, 1.54) is 20.3 Å². The van der Waals surface area contributed by atoms with E-state index in [0.29, 0.717) is 22.0 Å². The van der Waals surface area contributed by atoms with Gasteiger partial charge in [-0.3, -0.25) is 9.10 Å². The molecule has 0 aliphatic heterocycles. The van der Waals surface area contributed by atoms with Gasteiger partial charge in [0.2, 0.25) is 0 Å². The lowest BCUT2D eigenvalue weighted by Crippen LogP contribution is -2.35. The molecule has 1 rings (SSSR count). The Balaban J connectivity index is 3.66. The number of benzene rings is 1. The van der Waals surface area contributed by atoms with Crippen LogP contribution in [-0.2, 0) is 19.6 Å². The topological polar surface area (TPSA) is 82.1 Å². The number of alkyl halides is 3. The van der Waals surface area contributed by atoms with Crippen LogP contribution in [0.3, 0.4) is 0 Å². The predicted molar refractivity (Wildman–Crippen MR) is 104 cm³/mol. The molecule has 0 aliphatic rings. The molecule has 0 saturated carbocycles. The van der Waals surface area contributed by atoms with Crippen molar-refractivity contribution < 1.29 is 40.6 Å². The number of esters is 1. The molecule has 0 radical (unpaired) electrons. The maximum atomic E-state index is 13.2. The minimum absolute atomic E-state index is 0.0469. The van der Waals surface area contributed by atoms with E-state index in [4.69, 9.17) is 21.1 Å². The van der Waals surface area contributed by atoms with Crippen molar-refractivity contribution in [2.24, 2.45) is 0 Å². The van der Waals surface area contributed by atoms with Crippen LogP contribution in [0.15, 0.2) is 58.6 Å². The van der Waals surface area contributed by atoms with E-state index < -0.39 is 40.0 Å². The Morgan fingerprint density at radius 1 is 1.20 bits per heavy atom. The van der Waals surface area contributed by atoms with Crippen molar-refractivity contribution in [1.82, 2.24) is 4.31 Å². The van der Waals surface area contributed by atoms with Gasteiger partial charge in [-0.05, 0) is 18.2 Å². The fraction of sp³-hybridized carbons (Fsp3) is 0.278. The first kappa shape index (κ1) is 25.4. The van der Waals surface area contributed by atoms with E-state index in [1.54, 1.807) is 0 Å². The molecule has 0 atom stereocenters. The Kier molecular flexibility index (Phi) is 8.79. The molecule has 166 valence electrons. The third-order valence-corrected chi connectivity index (χ3v) is 5.69. The predicted octanol–water partition coefficient (Wildman–Crippen LogP) is 3.62. The fourth-order valence-electron chi connectivity index (χ4n) is 2.17. The number of methoxy groups -OCH3 is 3. The van der Waals surface area contributed by atoms with Crippen LogP contribution in [0.1, 0.15) is 0 Å². The van der Waals surface area contributed by atoms with Crippen molar-refractivity contribution in [2.45, 2.75) is 11.1 Å². The maximum Gasteiger partial charge on any atom is 0.416 e. The molecule has 0 amide bonds. The smallest absolute Gasteiger partial charge is 0.416 e. The third-order valence-electron chi connectivity index (χ3n) is 3.69. The van der Waals surface area contributed by atoms with Gasteiger partial charge in [-0.15, -0.1) is 0 Å². The monoisotopic (exact) mass is 469 g/mol. The lowest BCUT2D eigenvalue weighted by atomic mass is 10.2. The van der Waals surface area contributed by atoms with Gasteiger partial charge in [-0.2, -0.15) is 13.2 Å². The minimum Gasteiger partial charge on any atom is -0.493 e. The number of nitrogens with zero attached hydrogens (tertiary/aromatic N) is 1. The van der Waals surface area contributed by atoms with Crippen molar-refractivity contribution >= 4 is 27.6 Å². The molecule has 1 aromatic rings. The summed E-state index contributed by atoms with van der Waals surface area (Å²) in [7, 11) is -0.975. The third kappa shape index (κ3) is 5.92. The largest absolute Gasteiger partial charge is 0.493 e. The molecular formula is C18H19ClF3NO6S. The highest BCUT2D eigenvalue weighted by Gasteiger charge is 2.34. The van der Waals surface area contributed by atoms with Crippen LogP contribution in [0.25, 0.3) is 0 Å². The fourth-order valence-corrected chi connectivity index (χ4v) is 3.82. The van der Waals surface area contributed by atoms with Gasteiger partial charge in [-0.1, -0.05) is 24.3 Å². The lowest BCUT2D eigenvalue weighted by Gasteiger charge is -2.25. The number of carbonyl (C=O) groups is 1. The van der Waals surface area contributed by atoms with Crippen molar-refractivity contribution in [3.63, 3.8) is 0 Å². The van der Waals surface area contributed by atoms with Crippen LogP contribution >= 0.6 is 11.6 Å². The highest BCUT2D eigenvalue weighted by molar-refractivity contribution is 7.89. The molecule has 0 saturated heterocycles. The van der Waals surface area contributed by atoms with E-state index in [-0.39, 0.29) is 16.4 Å². The normalized spacial score (nSPS) is 12.9. The van der Waals surface area contributed by atoms with Gasteiger partial charge in [0.05, 0.1) is 37.5 Å². The summed E-state index contributed by atoms with van der Waals surface area (Å²) in [4.78, 5) is 11.4. The van der Waals surface area contributed by atoms with E-state index in [2.05, 4.69) is 11.3 Å². The Morgan fingerprint density at radius 3 is 2.23 bits per heavy atom. The van der Waals surface area contributed by atoms with Crippen LogP contribution in [0, 0.1) is 0 Å². The summed E-state index contributed by atoms with van der Waals surface area (Å²) in [5.74, 6) is -0.767. The Labute approximate surface area is 177 Å². The zero-order valence-electron chi connectivity index (χ0n) is 16.2. The van der Waals surface area contributed by atoms with Gasteiger partial charge >= 0.3 is 12.1 Å². The summed E-state index contributed by atoms with van der Waals surface area (Å²) in [5.41, 5.74) is -1.31. The number of halogens is 4. The summed E-state index contributed by atoms with van der Waals surface area (Å²) in [6, 6.07) is 3.51. The number of hydrogen-bond acceptors (Lipinski definition) is 6. The maximum absolute atomic E-state index is 13.2. The van der Waals surface area contributed by atoms with Crippen molar-refractivity contribution in [3.8, 4) is 11.5 Å². The van der Waals surface area contributed by atoms with E-state index in [1.807, 2.05) is 0 Å². The van der Waals surface area contributed by atoms with Gasteiger partial charge in [0, 0.05) is 11.6 Å². The molecule has 12 heteroatoms. The van der Waals surface area contributed by atoms with Crippen molar-refractivity contribution in [3.05, 3.63) is 53.7 Å². The average molecular weight is 470 g/mol.